The van der Waals surface area contributed by atoms with E-state index in [4.69, 9.17) is 16.7 Å². The number of rotatable bonds is 2. The molecule has 0 aromatic carbocycles. The molecular formula is C7H5ClN2O3. The third kappa shape index (κ3) is 2.41. The summed E-state index contributed by atoms with van der Waals surface area (Å²) in [5, 5.41) is 10.5. The molecule has 0 radical (unpaired) electrons. The molecule has 68 valence electrons. The molecule has 1 heterocycles. The fourth-order valence-electron chi connectivity index (χ4n) is 0.720. The second-order valence-corrected chi connectivity index (χ2v) is 2.52. The Morgan fingerprint density at radius 3 is 2.85 bits per heavy atom. The summed E-state index contributed by atoms with van der Waals surface area (Å²) in [6.45, 7) is 0. The molecular weight excluding hydrogens is 196 g/mol. The summed E-state index contributed by atoms with van der Waals surface area (Å²) in [7, 11) is 0. The summed E-state index contributed by atoms with van der Waals surface area (Å²) in [5.41, 5.74) is 0.00733. The average molecular weight is 201 g/mol. The van der Waals surface area contributed by atoms with Crippen LogP contribution in [0.5, 0.6) is 0 Å². The van der Waals surface area contributed by atoms with E-state index in [1.54, 1.807) is 0 Å². The molecule has 1 rings (SSSR count). The standard InChI is InChI=1S/C7H5ClN2O3/c8-4-1-2-6(10-7(12)13)9-5(4)3-11/h1-3H,(H,9,10)(H,12,13). The van der Waals surface area contributed by atoms with Crippen LogP contribution in [-0.2, 0) is 0 Å². The molecule has 0 spiro atoms. The molecule has 1 aromatic rings. The number of nitrogens with zero attached hydrogens (tertiary/aromatic N) is 1. The van der Waals surface area contributed by atoms with Crippen LogP contribution in [0.15, 0.2) is 12.1 Å². The number of nitrogens with one attached hydrogen (secondary N) is 1. The van der Waals surface area contributed by atoms with Crippen molar-refractivity contribution in [2.45, 2.75) is 0 Å². The van der Waals surface area contributed by atoms with Crippen molar-refractivity contribution >= 4 is 29.8 Å². The lowest BCUT2D eigenvalue weighted by Gasteiger charge is -2.00. The number of carbonyl (C=O) groups excluding carboxylic acids is 1. The molecule has 0 saturated heterocycles. The predicted molar refractivity (Wildman–Crippen MR) is 46.3 cm³/mol. The van der Waals surface area contributed by atoms with Gasteiger partial charge in [-0.25, -0.2) is 9.78 Å². The number of carboxylic acid groups (broad SMARTS) is 1. The molecule has 0 aliphatic heterocycles. The van der Waals surface area contributed by atoms with E-state index >= 15 is 0 Å². The molecule has 5 nitrogen and oxygen atoms in total. The van der Waals surface area contributed by atoms with E-state index < -0.39 is 6.09 Å². The Morgan fingerprint density at radius 1 is 1.62 bits per heavy atom. The van der Waals surface area contributed by atoms with Crippen LogP contribution in [0.25, 0.3) is 0 Å². The molecule has 0 aliphatic rings. The average Bonchev–Trinajstić information content (AvgIpc) is 2.07. The molecule has 0 saturated carbocycles. The number of anilines is 1. The van der Waals surface area contributed by atoms with Gasteiger partial charge in [-0.1, -0.05) is 11.6 Å². The lowest BCUT2D eigenvalue weighted by atomic mass is 10.3. The highest BCUT2D eigenvalue weighted by atomic mass is 35.5. The third-order valence-electron chi connectivity index (χ3n) is 1.22. The van der Waals surface area contributed by atoms with Gasteiger partial charge >= 0.3 is 6.09 Å². The quantitative estimate of drug-likeness (QED) is 0.712. The molecule has 0 unspecified atom stereocenters. The second-order valence-electron chi connectivity index (χ2n) is 2.11. The lowest BCUT2D eigenvalue weighted by Crippen LogP contribution is -2.09. The molecule has 0 atom stereocenters. The van der Waals surface area contributed by atoms with Gasteiger partial charge in [0, 0.05) is 0 Å². The molecule has 0 fully saturated rings. The SMILES string of the molecule is O=Cc1nc(NC(=O)O)ccc1Cl. The van der Waals surface area contributed by atoms with E-state index in [9.17, 15) is 9.59 Å². The zero-order valence-electron chi connectivity index (χ0n) is 6.32. The number of aromatic nitrogens is 1. The van der Waals surface area contributed by atoms with Gasteiger partial charge in [-0.15, -0.1) is 0 Å². The number of aldehydes is 1. The van der Waals surface area contributed by atoms with E-state index in [0.29, 0.717) is 6.29 Å². The maximum Gasteiger partial charge on any atom is 0.410 e. The summed E-state index contributed by atoms with van der Waals surface area (Å²) < 4.78 is 0. The van der Waals surface area contributed by atoms with Crippen molar-refractivity contribution in [3.8, 4) is 0 Å². The monoisotopic (exact) mass is 200 g/mol. The molecule has 0 bridgehead atoms. The number of pyridine rings is 1. The van der Waals surface area contributed by atoms with E-state index in [-0.39, 0.29) is 16.5 Å². The lowest BCUT2D eigenvalue weighted by molar-refractivity contribution is 0.111. The third-order valence-corrected chi connectivity index (χ3v) is 1.54. The van der Waals surface area contributed by atoms with Gasteiger partial charge in [0.2, 0.25) is 0 Å². The molecule has 2 N–H and O–H groups in total. The number of halogens is 1. The number of hydrogen-bond acceptors (Lipinski definition) is 3. The van der Waals surface area contributed by atoms with Gasteiger partial charge in [-0.2, -0.15) is 0 Å². The van der Waals surface area contributed by atoms with Gasteiger partial charge in [-0.05, 0) is 12.1 Å². The first-order valence-electron chi connectivity index (χ1n) is 3.25. The Hall–Kier alpha value is -1.62. The Bertz CT molecular complexity index is 354. The van der Waals surface area contributed by atoms with Gasteiger partial charge in [0.25, 0.3) is 0 Å². The smallest absolute Gasteiger partial charge is 0.410 e. The van der Waals surface area contributed by atoms with Crippen LogP contribution in [0.3, 0.4) is 0 Å². The number of amides is 1. The van der Waals surface area contributed by atoms with Crippen LogP contribution < -0.4 is 5.32 Å². The van der Waals surface area contributed by atoms with Crippen LogP contribution in [0, 0.1) is 0 Å². The normalized spacial score (nSPS) is 9.31. The maximum atomic E-state index is 10.3. The first kappa shape index (κ1) is 9.47. The van der Waals surface area contributed by atoms with Crippen LogP contribution >= 0.6 is 11.6 Å². The summed E-state index contributed by atoms with van der Waals surface area (Å²) in [6, 6.07) is 2.76. The summed E-state index contributed by atoms with van der Waals surface area (Å²) in [6.07, 6.45) is -0.790. The molecule has 1 aromatic heterocycles. The van der Waals surface area contributed by atoms with Crippen molar-refractivity contribution in [2.75, 3.05) is 5.32 Å². The zero-order chi connectivity index (χ0) is 9.84. The fourth-order valence-corrected chi connectivity index (χ4v) is 0.870. The zero-order valence-corrected chi connectivity index (χ0v) is 7.08. The van der Waals surface area contributed by atoms with Gasteiger partial charge in [0.1, 0.15) is 11.5 Å². The Morgan fingerprint density at radius 2 is 2.31 bits per heavy atom. The fraction of sp³-hybridized carbons (Fsp3) is 0. The van der Waals surface area contributed by atoms with Crippen LogP contribution in [0.1, 0.15) is 10.5 Å². The number of hydrogen-bond donors (Lipinski definition) is 2. The summed E-state index contributed by atoms with van der Waals surface area (Å²) >= 11 is 5.56. The largest absolute Gasteiger partial charge is 0.465 e. The van der Waals surface area contributed by atoms with Crippen molar-refractivity contribution in [1.29, 1.82) is 0 Å². The van der Waals surface area contributed by atoms with Crippen LogP contribution in [-0.4, -0.2) is 22.5 Å². The van der Waals surface area contributed by atoms with E-state index in [1.165, 1.54) is 12.1 Å². The molecule has 0 aliphatic carbocycles. The highest BCUT2D eigenvalue weighted by Gasteiger charge is 2.04. The highest BCUT2D eigenvalue weighted by Crippen LogP contribution is 2.14. The number of carbonyl (C=O) groups is 2. The van der Waals surface area contributed by atoms with Crippen molar-refractivity contribution in [1.82, 2.24) is 4.98 Å². The van der Waals surface area contributed by atoms with Gasteiger partial charge in [0.15, 0.2) is 6.29 Å². The minimum absolute atomic E-state index is 0.00733. The minimum Gasteiger partial charge on any atom is -0.465 e. The molecule has 6 heteroatoms. The Labute approximate surface area is 78.4 Å². The highest BCUT2D eigenvalue weighted by molar-refractivity contribution is 6.32. The van der Waals surface area contributed by atoms with E-state index in [1.807, 2.05) is 5.32 Å². The van der Waals surface area contributed by atoms with Crippen molar-refractivity contribution < 1.29 is 14.7 Å². The van der Waals surface area contributed by atoms with Gasteiger partial charge in [0.05, 0.1) is 5.02 Å². The first-order chi connectivity index (χ1) is 6.13. The van der Waals surface area contributed by atoms with Crippen LogP contribution in [0.2, 0.25) is 5.02 Å². The topological polar surface area (TPSA) is 79.3 Å². The molecule has 1 amide bonds. The van der Waals surface area contributed by atoms with E-state index in [2.05, 4.69) is 4.98 Å². The van der Waals surface area contributed by atoms with E-state index in [0.717, 1.165) is 0 Å². The van der Waals surface area contributed by atoms with Crippen molar-refractivity contribution in [2.24, 2.45) is 0 Å². The summed E-state index contributed by atoms with van der Waals surface area (Å²) in [5.74, 6) is 0.0685. The van der Waals surface area contributed by atoms with Crippen molar-refractivity contribution in [3.05, 3.63) is 22.8 Å². The molecule has 13 heavy (non-hydrogen) atoms. The Kier molecular flexibility index (Phi) is 2.81. The Balaban J connectivity index is 2.99. The summed E-state index contributed by atoms with van der Waals surface area (Å²) in [4.78, 5) is 24.2. The van der Waals surface area contributed by atoms with Gasteiger partial charge in [-0.3, -0.25) is 10.1 Å². The van der Waals surface area contributed by atoms with Crippen molar-refractivity contribution in [3.63, 3.8) is 0 Å². The minimum atomic E-state index is -1.24. The maximum absolute atomic E-state index is 10.3. The van der Waals surface area contributed by atoms with Crippen LogP contribution in [0.4, 0.5) is 10.6 Å². The first-order valence-corrected chi connectivity index (χ1v) is 3.63. The van der Waals surface area contributed by atoms with Gasteiger partial charge < -0.3 is 5.11 Å². The second kappa shape index (κ2) is 3.86. The predicted octanol–water partition coefficient (Wildman–Crippen LogP) is 1.64.